The van der Waals surface area contributed by atoms with Crippen molar-refractivity contribution in [2.24, 2.45) is 5.84 Å². The number of benzene rings is 1. The van der Waals surface area contributed by atoms with E-state index >= 15 is 0 Å². The van der Waals surface area contributed by atoms with Crippen molar-refractivity contribution in [2.45, 2.75) is 6.92 Å². The summed E-state index contributed by atoms with van der Waals surface area (Å²) in [6.07, 6.45) is 1.11. The minimum atomic E-state index is -0.739. The number of carbonyl (C=O) groups excluding carboxylic acids is 1. The highest BCUT2D eigenvalue weighted by atomic mass is 16.3. The van der Waals surface area contributed by atoms with E-state index in [1.54, 1.807) is 0 Å². The quantitative estimate of drug-likeness (QED) is 0.285. The summed E-state index contributed by atoms with van der Waals surface area (Å²) >= 11 is 0. The van der Waals surface area contributed by atoms with Crippen molar-refractivity contribution in [3.8, 4) is 17.2 Å². The maximum absolute atomic E-state index is 11.8. The topological polar surface area (TPSA) is 135 Å². The molecule has 2 aromatic rings. The van der Waals surface area contributed by atoms with Crippen molar-refractivity contribution in [3.05, 3.63) is 35.0 Å². The van der Waals surface area contributed by atoms with Gasteiger partial charge in [0.25, 0.3) is 5.95 Å². The largest absolute Gasteiger partial charge is 0.504 e. The van der Waals surface area contributed by atoms with Crippen LogP contribution in [0.15, 0.2) is 29.3 Å². The van der Waals surface area contributed by atoms with Crippen LogP contribution in [-0.2, 0) is 4.79 Å². The lowest BCUT2D eigenvalue weighted by Gasteiger charge is -2.12. The van der Waals surface area contributed by atoms with E-state index in [0.717, 1.165) is 10.9 Å². The van der Waals surface area contributed by atoms with Gasteiger partial charge in [-0.3, -0.25) is 9.36 Å². The van der Waals surface area contributed by atoms with Crippen LogP contribution in [0.4, 0.5) is 5.95 Å². The summed E-state index contributed by atoms with van der Waals surface area (Å²) in [6, 6.07) is 3.78. The highest BCUT2D eigenvalue weighted by Crippen LogP contribution is 2.25. The first-order chi connectivity index (χ1) is 9.40. The van der Waals surface area contributed by atoms with Crippen LogP contribution in [0.2, 0.25) is 0 Å². The van der Waals surface area contributed by atoms with Gasteiger partial charge in [-0.15, -0.1) is 0 Å². The number of rotatable bonds is 2. The third-order valence-electron chi connectivity index (χ3n) is 2.48. The number of aromatic hydroxyl groups is 2. The van der Waals surface area contributed by atoms with Gasteiger partial charge in [0, 0.05) is 13.0 Å². The minimum absolute atomic E-state index is 0.234. The van der Waals surface area contributed by atoms with E-state index < -0.39 is 11.6 Å². The van der Waals surface area contributed by atoms with Gasteiger partial charge >= 0.3 is 5.69 Å². The number of aromatic nitrogens is 3. The fraction of sp³-hybridized carbons (Fsp3) is 0.0909. The zero-order valence-corrected chi connectivity index (χ0v) is 10.4. The van der Waals surface area contributed by atoms with Crippen LogP contribution < -0.4 is 16.5 Å². The molecule has 0 unspecified atom stereocenters. The van der Waals surface area contributed by atoms with E-state index in [0.29, 0.717) is 5.01 Å². The van der Waals surface area contributed by atoms with Crippen molar-refractivity contribution in [3.63, 3.8) is 0 Å². The zero-order valence-electron chi connectivity index (χ0n) is 10.4. The van der Waals surface area contributed by atoms with Crippen molar-refractivity contribution in [1.82, 2.24) is 14.5 Å². The highest BCUT2D eigenvalue weighted by Gasteiger charge is 2.12. The molecule has 0 radical (unpaired) electrons. The van der Waals surface area contributed by atoms with Crippen LogP contribution in [0.3, 0.4) is 0 Å². The van der Waals surface area contributed by atoms with Gasteiger partial charge in [0.05, 0.1) is 5.69 Å². The number of phenolic OH excluding ortho intramolecular Hbond substituents is 2. The molecule has 0 aliphatic rings. The molecule has 1 aromatic carbocycles. The Balaban J connectivity index is 2.47. The van der Waals surface area contributed by atoms with Crippen LogP contribution >= 0.6 is 0 Å². The molecule has 0 atom stereocenters. The Morgan fingerprint density at radius 2 is 2.05 bits per heavy atom. The van der Waals surface area contributed by atoms with Gasteiger partial charge in [-0.1, -0.05) is 0 Å². The van der Waals surface area contributed by atoms with E-state index in [4.69, 9.17) is 5.84 Å². The maximum Gasteiger partial charge on any atom is 0.356 e. The number of hydrogen-bond donors (Lipinski definition) is 3. The Bertz CT molecular complexity index is 727. The Labute approximate surface area is 112 Å². The van der Waals surface area contributed by atoms with E-state index in [-0.39, 0.29) is 23.1 Å². The van der Waals surface area contributed by atoms with Gasteiger partial charge in [-0.2, -0.15) is 4.98 Å². The minimum Gasteiger partial charge on any atom is -0.504 e. The van der Waals surface area contributed by atoms with Crippen molar-refractivity contribution < 1.29 is 15.0 Å². The van der Waals surface area contributed by atoms with E-state index in [1.165, 1.54) is 25.1 Å². The monoisotopic (exact) mass is 277 g/mol. The molecule has 1 amide bonds. The SMILES string of the molecule is CC(=O)N(N)c1ncn(-c2ccc(O)c(O)c2)c(=O)n1. The van der Waals surface area contributed by atoms with Crippen LogP contribution in [0, 0.1) is 0 Å². The molecule has 1 heterocycles. The average Bonchev–Trinajstić information content (AvgIpc) is 2.41. The second kappa shape index (κ2) is 4.97. The molecule has 0 saturated carbocycles. The number of anilines is 1. The Kier molecular flexibility index (Phi) is 3.36. The number of carbonyl (C=O) groups is 1. The van der Waals surface area contributed by atoms with Gasteiger partial charge in [-0.05, 0) is 12.1 Å². The number of phenols is 2. The Morgan fingerprint density at radius 1 is 1.35 bits per heavy atom. The number of nitrogens with zero attached hydrogens (tertiary/aromatic N) is 4. The number of hydrazine groups is 1. The van der Waals surface area contributed by atoms with Crippen LogP contribution in [-0.4, -0.2) is 30.7 Å². The maximum atomic E-state index is 11.8. The first-order valence-electron chi connectivity index (χ1n) is 5.43. The fourth-order valence-electron chi connectivity index (χ4n) is 1.42. The molecule has 104 valence electrons. The Morgan fingerprint density at radius 3 is 2.60 bits per heavy atom. The molecule has 0 fully saturated rings. The summed E-state index contributed by atoms with van der Waals surface area (Å²) in [5.74, 6) is 3.92. The molecule has 9 heteroatoms. The predicted octanol–water partition coefficient (Wildman–Crippen LogP) is -0.735. The molecule has 9 nitrogen and oxygen atoms in total. The van der Waals surface area contributed by atoms with Gasteiger partial charge in [0.15, 0.2) is 11.5 Å². The molecular formula is C11H11N5O4. The summed E-state index contributed by atoms with van der Waals surface area (Å²) in [4.78, 5) is 30.2. The number of amides is 1. The molecule has 20 heavy (non-hydrogen) atoms. The summed E-state index contributed by atoms with van der Waals surface area (Å²) < 4.78 is 1.02. The van der Waals surface area contributed by atoms with Crippen LogP contribution in [0.25, 0.3) is 5.69 Å². The third-order valence-corrected chi connectivity index (χ3v) is 2.48. The Hall–Kier alpha value is -2.94. The van der Waals surface area contributed by atoms with Crippen molar-refractivity contribution in [1.29, 1.82) is 0 Å². The molecule has 0 bridgehead atoms. The van der Waals surface area contributed by atoms with Gasteiger partial charge in [0.1, 0.15) is 6.33 Å². The molecule has 0 aliphatic carbocycles. The molecule has 4 N–H and O–H groups in total. The van der Waals surface area contributed by atoms with E-state index in [2.05, 4.69) is 9.97 Å². The standard InChI is InChI=1S/C11H11N5O4/c1-6(17)16(12)10-13-5-15(11(20)14-10)7-2-3-8(18)9(19)4-7/h2-5,18-19H,12H2,1H3. The van der Waals surface area contributed by atoms with Gasteiger partial charge in [0.2, 0.25) is 5.91 Å². The third kappa shape index (κ3) is 2.42. The lowest BCUT2D eigenvalue weighted by atomic mass is 10.3. The lowest BCUT2D eigenvalue weighted by Crippen LogP contribution is -2.39. The summed E-state index contributed by atoms with van der Waals surface area (Å²) in [5.41, 5.74) is -0.486. The number of hydrogen-bond acceptors (Lipinski definition) is 7. The molecule has 0 saturated heterocycles. The first-order valence-corrected chi connectivity index (χ1v) is 5.43. The number of nitrogens with two attached hydrogens (primary N) is 1. The van der Waals surface area contributed by atoms with Crippen molar-refractivity contribution >= 4 is 11.9 Å². The summed E-state index contributed by atoms with van der Waals surface area (Å²) in [6.45, 7) is 1.20. The second-order valence-electron chi connectivity index (χ2n) is 3.87. The summed E-state index contributed by atoms with van der Waals surface area (Å²) in [7, 11) is 0. The normalized spacial score (nSPS) is 10.3. The predicted molar refractivity (Wildman–Crippen MR) is 68.3 cm³/mol. The fourth-order valence-corrected chi connectivity index (χ4v) is 1.42. The second-order valence-corrected chi connectivity index (χ2v) is 3.87. The highest BCUT2D eigenvalue weighted by molar-refractivity contribution is 5.88. The lowest BCUT2D eigenvalue weighted by molar-refractivity contribution is -0.116. The van der Waals surface area contributed by atoms with Gasteiger partial charge in [-0.25, -0.2) is 20.6 Å². The van der Waals surface area contributed by atoms with E-state index in [9.17, 15) is 19.8 Å². The van der Waals surface area contributed by atoms with E-state index in [1.807, 2.05) is 0 Å². The smallest absolute Gasteiger partial charge is 0.356 e. The van der Waals surface area contributed by atoms with Gasteiger partial charge < -0.3 is 10.2 Å². The molecule has 0 aliphatic heterocycles. The van der Waals surface area contributed by atoms with Crippen LogP contribution in [0.1, 0.15) is 6.92 Å². The summed E-state index contributed by atoms with van der Waals surface area (Å²) in [5, 5.41) is 19.2. The first kappa shape index (κ1) is 13.5. The molecule has 2 rings (SSSR count). The molecule has 1 aromatic heterocycles. The molecule has 0 spiro atoms. The molecular weight excluding hydrogens is 266 g/mol. The van der Waals surface area contributed by atoms with Crippen LogP contribution in [0.5, 0.6) is 11.5 Å². The average molecular weight is 277 g/mol. The zero-order chi connectivity index (χ0) is 14.9. The van der Waals surface area contributed by atoms with Crippen molar-refractivity contribution in [2.75, 3.05) is 5.01 Å².